The molecule has 1 aromatic carbocycles. The number of hydrogen-bond donors (Lipinski definition) is 2. The van der Waals surface area contributed by atoms with Gasteiger partial charge in [0.25, 0.3) is 10.0 Å². The van der Waals surface area contributed by atoms with Gasteiger partial charge in [0.2, 0.25) is 0 Å². The molecule has 1 spiro atoms. The molecule has 11 heteroatoms. The number of benzene rings is 1. The molecule has 3 aliphatic rings. The smallest absolute Gasteiger partial charge is 0.378 e. The van der Waals surface area contributed by atoms with E-state index in [1.165, 1.54) is 18.3 Å². The highest BCUT2D eigenvalue weighted by molar-refractivity contribution is 7.93. The Hall–Kier alpha value is -1.85. The van der Waals surface area contributed by atoms with E-state index in [1.54, 1.807) is 5.38 Å². The van der Waals surface area contributed by atoms with Crippen LogP contribution in [-0.4, -0.2) is 48.6 Å². The van der Waals surface area contributed by atoms with Gasteiger partial charge in [-0.05, 0) is 25.1 Å². The fourth-order valence-corrected chi connectivity index (χ4v) is 7.83. The predicted molar refractivity (Wildman–Crippen MR) is 112 cm³/mol. The molecule has 3 unspecified atom stereocenters. The SMILES string of the molecule is CC12CCC3(CNc4ccc(S(=O)(=O)Nc5nccs5)cc4C(F)(F)F)CCC[N+]13C2. The standard InChI is InChI=1S/C20H24F3N4O2S2/c1-18-6-7-19(5-2-9-27(18,19)13-18)12-25-16-4-3-14(11-15(16)20(21,22)23)31(28,29)26-17-24-8-10-30-17/h3-4,8,10-11,25H,2,5-7,9,12-13H2,1H3,(H,24,26)/q+1. The van der Waals surface area contributed by atoms with Gasteiger partial charge in [0, 0.05) is 42.9 Å². The molecule has 0 amide bonds. The van der Waals surface area contributed by atoms with Crippen molar-refractivity contribution in [3.63, 3.8) is 0 Å². The largest absolute Gasteiger partial charge is 0.418 e. The summed E-state index contributed by atoms with van der Waals surface area (Å²) in [5, 5.41) is 4.74. The first-order chi connectivity index (χ1) is 14.5. The topological polar surface area (TPSA) is 71.1 Å². The van der Waals surface area contributed by atoms with Crippen LogP contribution in [0.3, 0.4) is 0 Å². The van der Waals surface area contributed by atoms with E-state index in [0.29, 0.717) is 12.6 Å². The van der Waals surface area contributed by atoms with Crippen LogP contribution in [-0.2, 0) is 16.2 Å². The van der Waals surface area contributed by atoms with E-state index in [-0.39, 0.29) is 21.9 Å². The Bertz CT molecular complexity index is 1120. The highest BCUT2D eigenvalue weighted by Crippen LogP contribution is 2.65. The Morgan fingerprint density at radius 2 is 2.06 bits per heavy atom. The first-order valence-electron chi connectivity index (χ1n) is 10.3. The lowest BCUT2D eigenvalue weighted by molar-refractivity contribution is -0.855. The van der Waals surface area contributed by atoms with Crippen LogP contribution in [0, 0.1) is 0 Å². The lowest BCUT2D eigenvalue weighted by Gasteiger charge is -2.34. The number of alkyl halides is 3. The number of halogens is 3. The Kier molecular flexibility index (Phi) is 4.46. The molecular formula is C20H24F3N4O2S2+. The van der Waals surface area contributed by atoms with Crippen LogP contribution in [0.1, 0.15) is 38.2 Å². The van der Waals surface area contributed by atoms with Gasteiger partial charge >= 0.3 is 6.18 Å². The Labute approximate surface area is 183 Å². The van der Waals surface area contributed by atoms with Gasteiger partial charge in [0.15, 0.2) is 5.13 Å². The Morgan fingerprint density at radius 3 is 2.74 bits per heavy atom. The number of nitrogens with one attached hydrogen (secondary N) is 2. The third-order valence-corrected chi connectivity index (χ3v) is 9.78. The van der Waals surface area contributed by atoms with Crippen molar-refractivity contribution in [3.05, 3.63) is 35.3 Å². The van der Waals surface area contributed by atoms with Gasteiger partial charge in [0.1, 0.15) is 17.6 Å². The van der Waals surface area contributed by atoms with Crippen molar-refractivity contribution in [1.82, 2.24) is 4.98 Å². The van der Waals surface area contributed by atoms with Crippen LogP contribution >= 0.6 is 11.3 Å². The minimum Gasteiger partial charge on any atom is -0.378 e. The van der Waals surface area contributed by atoms with E-state index in [1.807, 2.05) is 0 Å². The van der Waals surface area contributed by atoms with Crippen LogP contribution in [0.25, 0.3) is 0 Å². The highest BCUT2D eigenvalue weighted by Gasteiger charge is 2.80. The molecular weight excluding hydrogens is 449 g/mol. The molecule has 1 aromatic heterocycles. The number of aromatic nitrogens is 1. The molecule has 0 bridgehead atoms. The Morgan fingerprint density at radius 1 is 1.26 bits per heavy atom. The molecule has 168 valence electrons. The normalized spacial score (nSPS) is 31.9. The average Bonchev–Trinajstić information content (AvgIpc) is 3.07. The number of quaternary nitrogens is 1. The van der Waals surface area contributed by atoms with E-state index in [9.17, 15) is 21.6 Å². The second-order valence-electron chi connectivity index (χ2n) is 9.18. The van der Waals surface area contributed by atoms with Crippen molar-refractivity contribution in [1.29, 1.82) is 0 Å². The maximum atomic E-state index is 13.8. The minimum absolute atomic E-state index is 0.0191. The van der Waals surface area contributed by atoms with E-state index in [2.05, 4.69) is 21.9 Å². The number of rotatable bonds is 6. The van der Waals surface area contributed by atoms with Gasteiger partial charge in [0.05, 0.1) is 23.5 Å². The molecule has 6 nitrogen and oxygen atoms in total. The van der Waals surface area contributed by atoms with Crippen molar-refractivity contribution in [2.45, 2.75) is 54.8 Å². The van der Waals surface area contributed by atoms with Gasteiger partial charge < -0.3 is 9.80 Å². The molecule has 2 aromatic rings. The molecule has 31 heavy (non-hydrogen) atoms. The highest BCUT2D eigenvalue weighted by atomic mass is 32.2. The van der Waals surface area contributed by atoms with E-state index >= 15 is 0 Å². The summed E-state index contributed by atoms with van der Waals surface area (Å²) in [5.74, 6) is 0. The van der Waals surface area contributed by atoms with Gasteiger partial charge in [-0.1, -0.05) is 0 Å². The minimum atomic E-state index is -4.68. The number of anilines is 2. The average molecular weight is 474 g/mol. The number of sulfonamides is 1. The van der Waals surface area contributed by atoms with E-state index in [4.69, 9.17) is 0 Å². The van der Waals surface area contributed by atoms with Gasteiger partial charge in [-0.2, -0.15) is 13.2 Å². The molecule has 0 saturated carbocycles. The van der Waals surface area contributed by atoms with Crippen LogP contribution in [0.4, 0.5) is 24.0 Å². The number of piperidine rings is 1. The van der Waals surface area contributed by atoms with Gasteiger partial charge in [-0.3, -0.25) is 4.72 Å². The van der Waals surface area contributed by atoms with Crippen molar-refractivity contribution < 1.29 is 26.1 Å². The molecule has 2 N–H and O–H groups in total. The second kappa shape index (κ2) is 6.58. The van der Waals surface area contributed by atoms with Crippen LogP contribution in [0.15, 0.2) is 34.7 Å². The molecule has 0 aliphatic carbocycles. The summed E-state index contributed by atoms with van der Waals surface area (Å²) in [6.45, 7) is 4.97. The van der Waals surface area contributed by atoms with Crippen LogP contribution in [0.5, 0.6) is 0 Å². The fraction of sp³-hybridized carbons (Fsp3) is 0.550. The van der Waals surface area contributed by atoms with Crippen molar-refractivity contribution in [2.24, 2.45) is 0 Å². The zero-order valence-corrected chi connectivity index (χ0v) is 18.6. The molecule has 3 atom stereocenters. The van der Waals surface area contributed by atoms with Crippen LogP contribution < -0.4 is 10.0 Å². The second-order valence-corrected chi connectivity index (χ2v) is 11.8. The monoisotopic (exact) mass is 473 g/mol. The fourth-order valence-electron chi connectivity index (χ4n) is 6.01. The molecule has 3 aliphatic heterocycles. The first-order valence-corrected chi connectivity index (χ1v) is 12.6. The number of nitrogens with zero attached hydrogens (tertiary/aromatic N) is 2. The maximum absolute atomic E-state index is 13.8. The number of hydrogen-bond acceptors (Lipinski definition) is 5. The summed E-state index contributed by atoms with van der Waals surface area (Å²) >= 11 is 1.05. The third kappa shape index (κ3) is 3.15. The zero-order chi connectivity index (χ0) is 22.1. The number of thiazole rings is 1. The molecule has 0 radical (unpaired) electrons. The first kappa shape index (κ1) is 21.0. The summed E-state index contributed by atoms with van der Waals surface area (Å²) in [6.07, 6.45) is 0.976. The quantitative estimate of drug-likeness (QED) is 0.485. The van der Waals surface area contributed by atoms with Crippen LogP contribution in [0.2, 0.25) is 0 Å². The third-order valence-electron chi connectivity index (χ3n) is 7.63. The van der Waals surface area contributed by atoms with Crippen molar-refractivity contribution in [3.8, 4) is 0 Å². The summed E-state index contributed by atoms with van der Waals surface area (Å²) < 4.78 is 69.9. The predicted octanol–water partition coefficient (Wildman–Crippen LogP) is 4.29. The lowest BCUT2D eigenvalue weighted by Crippen LogP contribution is -2.50. The molecule has 4 heterocycles. The van der Waals surface area contributed by atoms with Crippen molar-refractivity contribution >= 4 is 32.2 Å². The Balaban J connectivity index is 1.42. The molecule has 5 rings (SSSR count). The molecule has 3 fully saturated rings. The summed E-state index contributed by atoms with van der Waals surface area (Å²) in [6, 6.07) is 3.14. The van der Waals surface area contributed by atoms with E-state index in [0.717, 1.165) is 54.6 Å². The summed E-state index contributed by atoms with van der Waals surface area (Å²) in [4.78, 5) is 3.39. The van der Waals surface area contributed by atoms with Gasteiger partial charge in [-0.15, -0.1) is 11.3 Å². The maximum Gasteiger partial charge on any atom is 0.418 e. The zero-order valence-electron chi connectivity index (χ0n) is 17.0. The van der Waals surface area contributed by atoms with E-state index < -0.39 is 26.7 Å². The lowest BCUT2D eigenvalue weighted by atomic mass is 9.91. The van der Waals surface area contributed by atoms with Crippen molar-refractivity contribution in [2.75, 3.05) is 29.7 Å². The van der Waals surface area contributed by atoms with Gasteiger partial charge in [-0.25, -0.2) is 13.4 Å². The molecule has 3 saturated heterocycles. The summed E-state index contributed by atoms with van der Waals surface area (Å²) in [7, 11) is -4.17. The summed E-state index contributed by atoms with van der Waals surface area (Å²) in [5.41, 5.74) is -0.781.